The largest absolute Gasteiger partial charge is 0.337 e. The fourth-order valence-electron chi connectivity index (χ4n) is 2.70. The average Bonchev–Trinajstić information content (AvgIpc) is 2.52. The second-order valence-electron chi connectivity index (χ2n) is 5.80. The molecule has 1 N–H and O–H groups in total. The van der Waals surface area contributed by atoms with Gasteiger partial charge in [-0.2, -0.15) is 0 Å². The summed E-state index contributed by atoms with van der Waals surface area (Å²) in [7, 11) is 1.86. The highest BCUT2D eigenvalue weighted by molar-refractivity contribution is 5.73. The Balaban J connectivity index is 1.69. The maximum atomic E-state index is 11.9. The van der Waals surface area contributed by atoms with E-state index >= 15 is 0 Å². The Morgan fingerprint density at radius 2 is 2.10 bits per heavy atom. The van der Waals surface area contributed by atoms with E-state index in [1.807, 2.05) is 7.05 Å². The van der Waals surface area contributed by atoms with E-state index in [1.54, 1.807) is 4.90 Å². The second kappa shape index (κ2) is 8.03. The van der Waals surface area contributed by atoms with Gasteiger partial charge in [-0.1, -0.05) is 37.6 Å². The van der Waals surface area contributed by atoms with E-state index in [9.17, 15) is 4.79 Å². The van der Waals surface area contributed by atoms with Gasteiger partial charge in [0.2, 0.25) is 0 Å². The Labute approximate surface area is 128 Å². The summed E-state index contributed by atoms with van der Waals surface area (Å²) in [5, 5.41) is 3.01. The van der Waals surface area contributed by atoms with Crippen LogP contribution in [0.5, 0.6) is 0 Å². The van der Waals surface area contributed by atoms with Crippen LogP contribution in [0.3, 0.4) is 0 Å². The number of amides is 2. The lowest BCUT2D eigenvalue weighted by Gasteiger charge is -2.29. The van der Waals surface area contributed by atoms with Crippen LogP contribution in [0, 0.1) is 0 Å². The molecule has 21 heavy (non-hydrogen) atoms. The third-order valence-electron chi connectivity index (χ3n) is 4.11. The molecule has 4 nitrogen and oxygen atoms in total. The number of unbranched alkanes of at least 4 members (excludes halogenated alkanes) is 1. The fraction of sp³-hybridized carbons (Fsp3) is 0.588. The predicted molar refractivity (Wildman–Crippen MR) is 86.4 cm³/mol. The van der Waals surface area contributed by atoms with Gasteiger partial charge in [0, 0.05) is 39.8 Å². The van der Waals surface area contributed by atoms with Crippen LogP contribution in [0.1, 0.15) is 30.9 Å². The zero-order valence-corrected chi connectivity index (χ0v) is 13.3. The molecule has 2 rings (SSSR count). The molecular formula is C17H27N3O. The number of hydrogen-bond donors (Lipinski definition) is 1. The van der Waals surface area contributed by atoms with Crippen LogP contribution in [0.15, 0.2) is 24.3 Å². The average molecular weight is 289 g/mol. The van der Waals surface area contributed by atoms with Gasteiger partial charge in [0.1, 0.15) is 0 Å². The van der Waals surface area contributed by atoms with Crippen molar-refractivity contribution < 1.29 is 4.79 Å². The lowest BCUT2D eigenvalue weighted by molar-refractivity contribution is 0.202. The van der Waals surface area contributed by atoms with Crippen LogP contribution in [0.4, 0.5) is 4.79 Å². The highest BCUT2D eigenvalue weighted by Crippen LogP contribution is 2.17. The van der Waals surface area contributed by atoms with Crippen molar-refractivity contribution in [1.29, 1.82) is 0 Å². The number of carbonyl (C=O) groups is 1. The van der Waals surface area contributed by atoms with Crippen molar-refractivity contribution in [3.05, 3.63) is 35.4 Å². The van der Waals surface area contributed by atoms with E-state index in [0.29, 0.717) is 0 Å². The molecule has 4 heteroatoms. The molecule has 0 atom stereocenters. The Morgan fingerprint density at radius 3 is 2.86 bits per heavy atom. The molecule has 0 aromatic heterocycles. The molecular weight excluding hydrogens is 262 g/mol. The van der Waals surface area contributed by atoms with Crippen molar-refractivity contribution in [1.82, 2.24) is 15.1 Å². The molecule has 0 unspecified atom stereocenters. The minimum absolute atomic E-state index is 0.0425. The molecule has 1 aromatic carbocycles. The van der Waals surface area contributed by atoms with Gasteiger partial charge in [-0.3, -0.25) is 4.90 Å². The van der Waals surface area contributed by atoms with Crippen molar-refractivity contribution in [3.8, 4) is 0 Å². The molecule has 0 spiro atoms. The summed E-state index contributed by atoms with van der Waals surface area (Å²) in [6.07, 6.45) is 3.29. The SMILES string of the molecule is CCCCN(C)C(=O)NCCN1CCc2ccccc2C1. The van der Waals surface area contributed by atoms with Crippen LogP contribution >= 0.6 is 0 Å². The van der Waals surface area contributed by atoms with Gasteiger partial charge in [-0.05, 0) is 24.0 Å². The number of carbonyl (C=O) groups excluding carboxylic acids is 1. The quantitative estimate of drug-likeness (QED) is 0.873. The van der Waals surface area contributed by atoms with E-state index in [-0.39, 0.29) is 6.03 Å². The van der Waals surface area contributed by atoms with Crippen LogP contribution in [0.25, 0.3) is 0 Å². The fourth-order valence-corrected chi connectivity index (χ4v) is 2.70. The smallest absolute Gasteiger partial charge is 0.317 e. The third kappa shape index (κ3) is 4.74. The van der Waals surface area contributed by atoms with Gasteiger partial charge in [-0.15, -0.1) is 0 Å². The van der Waals surface area contributed by atoms with E-state index in [4.69, 9.17) is 0 Å². The highest BCUT2D eigenvalue weighted by atomic mass is 16.2. The standard InChI is InChI=1S/C17H27N3O/c1-3-4-11-19(2)17(21)18-10-13-20-12-9-15-7-5-6-8-16(15)14-20/h5-8H,3-4,9-14H2,1-2H3,(H,18,21). The minimum Gasteiger partial charge on any atom is -0.337 e. The molecule has 0 saturated carbocycles. The van der Waals surface area contributed by atoms with Crippen LogP contribution in [-0.4, -0.2) is 49.1 Å². The number of benzene rings is 1. The van der Waals surface area contributed by atoms with Crippen molar-refractivity contribution in [2.24, 2.45) is 0 Å². The van der Waals surface area contributed by atoms with Gasteiger partial charge in [-0.25, -0.2) is 4.79 Å². The summed E-state index contributed by atoms with van der Waals surface area (Å²) in [5.74, 6) is 0. The van der Waals surface area contributed by atoms with E-state index in [1.165, 1.54) is 11.1 Å². The Bertz CT molecular complexity index is 461. The summed E-state index contributed by atoms with van der Waals surface area (Å²) in [5.41, 5.74) is 2.90. The van der Waals surface area contributed by atoms with Crippen molar-refractivity contribution >= 4 is 6.03 Å². The van der Waals surface area contributed by atoms with Gasteiger partial charge >= 0.3 is 6.03 Å². The van der Waals surface area contributed by atoms with E-state index in [2.05, 4.69) is 41.4 Å². The molecule has 0 saturated heterocycles. The zero-order valence-electron chi connectivity index (χ0n) is 13.3. The summed E-state index contributed by atoms with van der Waals surface area (Å²) < 4.78 is 0. The molecule has 1 aliphatic heterocycles. The number of nitrogens with zero attached hydrogens (tertiary/aromatic N) is 2. The zero-order chi connectivity index (χ0) is 15.1. The number of nitrogens with one attached hydrogen (secondary N) is 1. The van der Waals surface area contributed by atoms with Crippen LogP contribution in [0.2, 0.25) is 0 Å². The first-order valence-corrected chi connectivity index (χ1v) is 7.98. The molecule has 1 aromatic rings. The lowest BCUT2D eigenvalue weighted by atomic mass is 10.00. The number of urea groups is 1. The number of hydrogen-bond acceptors (Lipinski definition) is 2. The first-order valence-electron chi connectivity index (χ1n) is 7.98. The third-order valence-corrected chi connectivity index (χ3v) is 4.11. The molecule has 116 valence electrons. The first kappa shape index (κ1) is 15.8. The van der Waals surface area contributed by atoms with Crippen molar-refractivity contribution in [2.45, 2.75) is 32.7 Å². The molecule has 2 amide bonds. The van der Waals surface area contributed by atoms with Gasteiger partial charge in [0.05, 0.1) is 0 Å². The summed E-state index contributed by atoms with van der Waals surface area (Å²) in [6, 6.07) is 8.68. The lowest BCUT2D eigenvalue weighted by Crippen LogP contribution is -2.42. The van der Waals surface area contributed by atoms with Crippen molar-refractivity contribution in [2.75, 3.05) is 33.2 Å². The molecule has 1 aliphatic rings. The predicted octanol–water partition coefficient (Wildman–Crippen LogP) is 2.49. The van der Waals surface area contributed by atoms with Crippen LogP contribution < -0.4 is 5.32 Å². The first-order chi connectivity index (χ1) is 10.2. The summed E-state index contributed by atoms with van der Waals surface area (Å²) in [6.45, 7) is 6.69. The highest BCUT2D eigenvalue weighted by Gasteiger charge is 2.15. The summed E-state index contributed by atoms with van der Waals surface area (Å²) >= 11 is 0. The maximum absolute atomic E-state index is 11.9. The number of fused-ring (bicyclic) bond motifs is 1. The summed E-state index contributed by atoms with van der Waals surface area (Å²) in [4.78, 5) is 16.1. The topological polar surface area (TPSA) is 35.6 Å². The van der Waals surface area contributed by atoms with Gasteiger partial charge in [0.25, 0.3) is 0 Å². The molecule has 0 aliphatic carbocycles. The van der Waals surface area contributed by atoms with Gasteiger partial charge < -0.3 is 10.2 Å². The Morgan fingerprint density at radius 1 is 1.33 bits per heavy atom. The minimum atomic E-state index is 0.0425. The molecule has 0 radical (unpaired) electrons. The normalized spacial score (nSPS) is 14.6. The van der Waals surface area contributed by atoms with E-state index < -0.39 is 0 Å². The number of rotatable bonds is 6. The molecule has 0 bridgehead atoms. The van der Waals surface area contributed by atoms with Crippen LogP contribution in [-0.2, 0) is 13.0 Å². The second-order valence-corrected chi connectivity index (χ2v) is 5.80. The molecule has 1 heterocycles. The maximum Gasteiger partial charge on any atom is 0.317 e. The van der Waals surface area contributed by atoms with E-state index in [0.717, 1.165) is 52.0 Å². The Hall–Kier alpha value is -1.55. The molecule has 0 fully saturated rings. The van der Waals surface area contributed by atoms with Crippen molar-refractivity contribution in [3.63, 3.8) is 0 Å². The monoisotopic (exact) mass is 289 g/mol. The van der Waals surface area contributed by atoms with Gasteiger partial charge in [0.15, 0.2) is 0 Å². The Kier molecular flexibility index (Phi) is 6.05.